The molecule has 0 aromatic carbocycles. The van der Waals surface area contributed by atoms with E-state index in [1.54, 1.807) is 11.8 Å². The Bertz CT molecular complexity index is 333. The van der Waals surface area contributed by atoms with Gasteiger partial charge >= 0.3 is 5.97 Å². The molecule has 1 fully saturated rings. The second-order valence-electron chi connectivity index (χ2n) is 4.55. The molecule has 1 N–H and O–H groups in total. The Labute approximate surface area is 95.9 Å². The van der Waals surface area contributed by atoms with Crippen molar-refractivity contribution in [1.82, 2.24) is 4.90 Å². The zero-order valence-electron chi connectivity index (χ0n) is 10.1. The van der Waals surface area contributed by atoms with Crippen LogP contribution >= 0.6 is 0 Å². The lowest BCUT2D eigenvalue weighted by Gasteiger charge is -2.31. The fourth-order valence-corrected chi connectivity index (χ4v) is 1.93. The molecule has 1 unspecified atom stereocenters. The molecule has 16 heavy (non-hydrogen) atoms. The predicted octanol–water partition coefficient (Wildman–Crippen LogP) is 1.67. The van der Waals surface area contributed by atoms with E-state index < -0.39 is 5.97 Å². The fraction of sp³-hybridized carbons (Fsp3) is 0.667. The molecule has 0 spiro atoms. The van der Waals surface area contributed by atoms with Gasteiger partial charge < -0.3 is 10.0 Å². The minimum Gasteiger partial charge on any atom is -0.478 e. The van der Waals surface area contributed by atoms with Crippen LogP contribution in [-0.4, -0.2) is 35.0 Å². The van der Waals surface area contributed by atoms with E-state index in [-0.39, 0.29) is 11.5 Å². The summed E-state index contributed by atoms with van der Waals surface area (Å²) >= 11 is 0. The summed E-state index contributed by atoms with van der Waals surface area (Å²) in [7, 11) is 0. The highest BCUT2D eigenvalue weighted by molar-refractivity contribution is 6.01. The van der Waals surface area contributed by atoms with Gasteiger partial charge in [-0.3, -0.25) is 4.79 Å². The minimum absolute atomic E-state index is 0.133. The maximum absolute atomic E-state index is 12.0. The fourth-order valence-electron chi connectivity index (χ4n) is 1.93. The van der Waals surface area contributed by atoms with E-state index in [2.05, 4.69) is 6.92 Å². The topological polar surface area (TPSA) is 57.6 Å². The molecule has 1 amide bonds. The van der Waals surface area contributed by atoms with Crippen LogP contribution in [0.25, 0.3) is 0 Å². The number of hydrogen-bond donors (Lipinski definition) is 1. The SMILES string of the molecule is C/C(C(=O)O)=C(\C)C(=O)N1CCCC(C)C1. The van der Waals surface area contributed by atoms with Gasteiger partial charge in [0.05, 0.1) is 0 Å². The third-order valence-electron chi connectivity index (χ3n) is 3.15. The first-order valence-electron chi connectivity index (χ1n) is 5.63. The van der Waals surface area contributed by atoms with Crippen molar-refractivity contribution in [1.29, 1.82) is 0 Å². The summed E-state index contributed by atoms with van der Waals surface area (Å²) in [6.07, 6.45) is 2.15. The molecule has 4 nitrogen and oxygen atoms in total. The van der Waals surface area contributed by atoms with E-state index in [4.69, 9.17) is 5.11 Å². The first-order chi connectivity index (χ1) is 7.43. The lowest BCUT2D eigenvalue weighted by Crippen LogP contribution is -2.39. The number of likely N-dealkylation sites (tertiary alicyclic amines) is 1. The zero-order chi connectivity index (χ0) is 12.3. The Morgan fingerprint density at radius 3 is 2.38 bits per heavy atom. The van der Waals surface area contributed by atoms with Crippen molar-refractivity contribution >= 4 is 11.9 Å². The quantitative estimate of drug-likeness (QED) is 0.727. The summed E-state index contributed by atoms with van der Waals surface area (Å²) in [5.74, 6) is -0.641. The molecular weight excluding hydrogens is 206 g/mol. The van der Waals surface area contributed by atoms with Gasteiger partial charge in [-0.1, -0.05) is 6.92 Å². The van der Waals surface area contributed by atoms with Crippen LogP contribution in [0.15, 0.2) is 11.1 Å². The molecule has 0 saturated carbocycles. The van der Waals surface area contributed by atoms with Crippen molar-refractivity contribution in [2.75, 3.05) is 13.1 Å². The largest absolute Gasteiger partial charge is 0.478 e. The van der Waals surface area contributed by atoms with Crippen molar-refractivity contribution in [3.05, 3.63) is 11.1 Å². The summed E-state index contributed by atoms with van der Waals surface area (Å²) < 4.78 is 0. The van der Waals surface area contributed by atoms with Gasteiger partial charge in [0.1, 0.15) is 0 Å². The second-order valence-corrected chi connectivity index (χ2v) is 4.55. The number of carboxylic acid groups (broad SMARTS) is 1. The van der Waals surface area contributed by atoms with E-state index in [0.717, 1.165) is 25.9 Å². The van der Waals surface area contributed by atoms with E-state index in [0.29, 0.717) is 11.5 Å². The third kappa shape index (κ3) is 2.84. The van der Waals surface area contributed by atoms with Crippen molar-refractivity contribution in [2.45, 2.75) is 33.6 Å². The molecule has 0 bridgehead atoms. The molecule has 1 atom stereocenters. The highest BCUT2D eigenvalue weighted by Crippen LogP contribution is 2.18. The number of hydrogen-bond acceptors (Lipinski definition) is 2. The number of aliphatic carboxylic acids is 1. The minimum atomic E-state index is -1.02. The number of carboxylic acids is 1. The Morgan fingerprint density at radius 1 is 1.25 bits per heavy atom. The summed E-state index contributed by atoms with van der Waals surface area (Å²) in [6.45, 7) is 6.66. The molecule has 4 heteroatoms. The molecule has 1 aliphatic rings. The summed E-state index contributed by atoms with van der Waals surface area (Å²) in [5.41, 5.74) is 0.491. The van der Waals surface area contributed by atoms with Crippen LogP contribution in [0.1, 0.15) is 33.6 Å². The van der Waals surface area contributed by atoms with Crippen molar-refractivity contribution in [2.24, 2.45) is 5.92 Å². The predicted molar refractivity (Wildman–Crippen MR) is 61.0 cm³/mol. The van der Waals surface area contributed by atoms with Gasteiger partial charge in [-0.2, -0.15) is 0 Å². The van der Waals surface area contributed by atoms with E-state index in [9.17, 15) is 9.59 Å². The number of piperidine rings is 1. The summed E-state index contributed by atoms with van der Waals surface area (Å²) in [5, 5.41) is 8.82. The van der Waals surface area contributed by atoms with Crippen LogP contribution in [0.2, 0.25) is 0 Å². The highest BCUT2D eigenvalue weighted by atomic mass is 16.4. The Morgan fingerprint density at radius 2 is 1.88 bits per heavy atom. The maximum Gasteiger partial charge on any atom is 0.331 e. The van der Waals surface area contributed by atoms with E-state index in [1.807, 2.05) is 0 Å². The van der Waals surface area contributed by atoms with Gasteiger partial charge in [-0.05, 0) is 32.6 Å². The molecule has 1 rings (SSSR count). The van der Waals surface area contributed by atoms with Crippen molar-refractivity contribution in [3.63, 3.8) is 0 Å². The maximum atomic E-state index is 12.0. The van der Waals surface area contributed by atoms with E-state index >= 15 is 0 Å². The number of carbonyl (C=O) groups is 2. The number of carbonyl (C=O) groups excluding carboxylic acids is 1. The monoisotopic (exact) mass is 225 g/mol. The van der Waals surface area contributed by atoms with Crippen LogP contribution in [0, 0.1) is 5.92 Å². The first kappa shape index (κ1) is 12.7. The van der Waals surface area contributed by atoms with Crippen LogP contribution in [0.3, 0.4) is 0 Å². The average molecular weight is 225 g/mol. The summed E-state index contributed by atoms with van der Waals surface area (Å²) in [6, 6.07) is 0. The highest BCUT2D eigenvalue weighted by Gasteiger charge is 2.23. The van der Waals surface area contributed by atoms with E-state index in [1.165, 1.54) is 6.92 Å². The first-order valence-corrected chi connectivity index (χ1v) is 5.63. The van der Waals surface area contributed by atoms with Gasteiger partial charge in [0.15, 0.2) is 0 Å². The van der Waals surface area contributed by atoms with Crippen molar-refractivity contribution < 1.29 is 14.7 Å². The third-order valence-corrected chi connectivity index (χ3v) is 3.15. The van der Waals surface area contributed by atoms with Gasteiger partial charge in [-0.25, -0.2) is 4.79 Å². The standard InChI is InChI=1S/C12H19NO3/c1-8-5-4-6-13(7-8)11(14)9(2)10(3)12(15)16/h8H,4-7H2,1-3H3,(H,15,16)/b10-9-. The molecular formula is C12H19NO3. The smallest absolute Gasteiger partial charge is 0.331 e. The average Bonchev–Trinajstić information content (AvgIpc) is 2.26. The molecule has 0 aromatic rings. The Kier molecular flexibility index (Phi) is 4.10. The zero-order valence-corrected chi connectivity index (χ0v) is 10.1. The van der Waals surface area contributed by atoms with Gasteiger partial charge in [0.2, 0.25) is 5.91 Å². The van der Waals surface area contributed by atoms with Crippen molar-refractivity contribution in [3.8, 4) is 0 Å². The molecule has 1 aliphatic heterocycles. The molecule has 1 heterocycles. The molecule has 0 aromatic heterocycles. The number of nitrogens with zero attached hydrogens (tertiary/aromatic N) is 1. The Balaban J connectivity index is 2.77. The summed E-state index contributed by atoms with van der Waals surface area (Å²) in [4.78, 5) is 24.5. The van der Waals surface area contributed by atoms with Crippen LogP contribution < -0.4 is 0 Å². The molecule has 0 radical (unpaired) electrons. The lowest BCUT2D eigenvalue weighted by atomic mass is 9.99. The normalized spacial score (nSPS) is 22.7. The number of amides is 1. The second kappa shape index (κ2) is 5.14. The molecule has 90 valence electrons. The molecule has 0 aliphatic carbocycles. The van der Waals surface area contributed by atoms with Crippen LogP contribution in [0.4, 0.5) is 0 Å². The number of rotatable bonds is 2. The molecule has 1 saturated heterocycles. The Hall–Kier alpha value is -1.32. The van der Waals surface area contributed by atoms with Crippen LogP contribution in [-0.2, 0) is 9.59 Å². The lowest BCUT2D eigenvalue weighted by molar-refractivity contribution is -0.134. The van der Waals surface area contributed by atoms with Gasteiger partial charge in [0, 0.05) is 24.2 Å². The van der Waals surface area contributed by atoms with Crippen LogP contribution in [0.5, 0.6) is 0 Å². The van der Waals surface area contributed by atoms with Gasteiger partial charge in [0.25, 0.3) is 0 Å². The van der Waals surface area contributed by atoms with Gasteiger partial charge in [-0.15, -0.1) is 0 Å².